The summed E-state index contributed by atoms with van der Waals surface area (Å²) in [6.07, 6.45) is 0.833. The Bertz CT molecular complexity index is 62.3. The molecular weight excluding hydrogens is 148 g/mol. The summed E-state index contributed by atoms with van der Waals surface area (Å²) in [5.74, 6) is -0.981. The van der Waals surface area contributed by atoms with Crippen LogP contribution >= 0.6 is 0 Å². The van der Waals surface area contributed by atoms with Crippen molar-refractivity contribution < 1.29 is 42.6 Å². The van der Waals surface area contributed by atoms with E-state index >= 15 is 0 Å². The molecule has 0 radical (unpaired) electrons. The van der Waals surface area contributed by atoms with Gasteiger partial charge in [0.2, 0.25) is 0 Å². The Morgan fingerprint density at radius 1 is 1.50 bits per heavy atom. The molecule has 0 amide bonds. The molecule has 0 saturated heterocycles. The van der Waals surface area contributed by atoms with Gasteiger partial charge in [-0.2, -0.15) is 0 Å². The van der Waals surface area contributed by atoms with Crippen LogP contribution in [0, 0.1) is 0 Å². The van der Waals surface area contributed by atoms with Crippen LogP contribution in [0.4, 0.5) is 0 Å². The summed E-state index contributed by atoms with van der Waals surface area (Å²) in [4.78, 5) is 9.25. The van der Waals surface area contributed by atoms with Crippen molar-refractivity contribution >= 4 is 5.97 Å². The smallest absolute Gasteiger partial charge is 2.00 e. The maximum Gasteiger partial charge on any atom is 4.00 e. The molecule has 0 saturated carbocycles. The molecule has 1 N–H and O–H groups in total. The molecule has 0 heterocycles. The molecule has 4 nitrogen and oxygen atoms in total. The first-order chi connectivity index (χ1) is 2.27. The summed E-state index contributed by atoms with van der Waals surface area (Å²) in [7, 11) is 0. The number of carboxylic acid groups (broad SMARTS) is 1. The van der Waals surface area contributed by atoms with Crippen LogP contribution in [0.15, 0.2) is 12.7 Å². The van der Waals surface area contributed by atoms with Gasteiger partial charge in [0.1, 0.15) is 0 Å². The fourth-order valence-electron chi connectivity index (χ4n) is 0. The van der Waals surface area contributed by atoms with Crippen LogP contribution in [0.25, 0.3) is 0 Å². The summed E-state index contributed by atoms with van der Waals surface area (Å²) in [5.41, 5.74) is 0. The van der Waals surface area contributed by atoms with Crippen LogP contribution in [-0.4, -0.2) is 11.1 Å². The van der Waals surface area contributed by atoms with Gasteiger partial charge in [-0.05, 0) is 0 Å². The molecule has 0 aromatic rings. The molecule has 0 aromatic carbocycles. The Hall–Kier alpha value is -0.156. The van der Waals surface area contributed by atoms with Gasteiger partial charge in [0, 0.05) is 6.08 Å². The SMILES string of the molecule is C=CC(=O)O.[O-2].[O-2].[Ti+4]. The quantitative estimate of drug-likeness (QED) is 0.423. The third-order valence-electron chi connectivity index (χ3n) is 0.175. The van der Waals surface area contributed by atoms with Crippen molar-refractivity contribution in [1.82, 2.24) is 0 Å². The first kappa shape index (κ1) is 24.9. The number of hydrogen-bond donors (Lipinski definition) is 1. The van der Waals surface area contributed by atoms with Crippen molar-refractivity contribution in [1.29, 1.82) is 0 Å². The summed E-state index contributed by atoms with van der Waals surface area (Å²) in [6.45, 7) is 2.96. The minimum absolute atomic E-state index is 0. The van der Waals surface area contributed by atoms with Crippen LogP contribution in [0.3, 0.4) is 0 Å². The van der Waals surface area contributed by atoms with Gasteiger partial charge in [-0.1, -0.05) is 6.58 Å². The molecule has 0 fully saturated rings. The molecule has 44 valence electrons. The predicted molar refractivity (Wildman–Crippen MR) is 19.2 cm³/mol. The summed E-state index contributed by atoms with van der Waals surface area (Å²) >= 11 is 0. The van der Waals surface area contributed by atoms with E-state index in [0.717, 1.165) is 6.08 Å². The molecule has 0 bridgehead atoms. The van der Waals surface area contributed by atoms with Crippen molar-refractivity contribution in [2.24, 2.45) is 0 Å². The van der Waals surface area contributed by atoms with E-state index in [9.17, 15) is 4.79 Å². The monoisotopic (exact) mass is 152 g/mol. The van der Waals surface area contributed by atoms with Gasteiger partial charge in [0.15, 0.2) is 0 Å². The minimum atomic E-state index is -0.981. The van der Waals surface area contributed by atoms with E-state index in [0.29, 0.717) is 0 Å². The van der Waals surface area contributed by atoms with Crippen molar-refractivity contribution in [2.75, 3.05) is 0 Å². The second-order valence-corrected chi connectivity index (χ2v) is 0.542. The fourth-order valence-corrected chi connectivity index (χ4v) is 0. The van der Waals surface area contributed by atoms with Crippen molar-refractivity contribution in [3.63, 3.8) is 0 Å². The molecule has 0 unspecified atom stereocenters. The van der Waals surface area contributed by atoms with E-state index in [-0.39, 0.29) is 32.7 Å². The van der Waals surface area contributed by atoms with Gasteiger partial charge >= 0.3 is 27.7 Å². The molecule has 0 aliphatic heterocycles. The van der Waals surface area contributed by atoms with E-state index in [4.69, 9.17) is 5.11 Å². The van der Waals surface area contributed by atoms with Gasteiger partial charge in [0.25, 0.3) is 0 Å². The maximum atomic E-state index is 9.25. The molecule has 0 spiro atoms. The molecule has 0 aliphatic carbocycles. The third kappa shape index (κ3) is 40.3. The predicted octanol–water partition coefficient (Wildman–Crippen LogP) is 0.0169. The number of hydrogen-bond acceptors (Lipinski definition) is 1. The average molecular weight is 152 g/mol. The zero-order chi connectivity index (χ0) is 4.28. The Morgan fingerprint density at radius 3 is 1.62 bits per heavy atom. The average Bonchev–Trinajstić information content (AvgIpc) is 1.38. The zero-order valence-electron chi connectivity index (χ0n) is 3.96. The van der Waals surface area contributed by atoms with Gasteiger partial charge in [0.05, 0.1) is 0 Å². The first-order valence-electron chi connectivity index (χ1n) is 1.12. The molecule has 5 heteroatoms. The van der Waals surface area contributed by atoms with Crippen molar-refractivity contribution in [3.8, 4) is 0 Å². The standard InChI is InChI=1S/C3H4O2.2O.Ti/c1-2-3(4)5;;;/h2H,1H2,(H,4,5);;;/q;2*-2;+4. The minimum Gasteiger partial charge on any atom is -2.00 e. The van der Waals surface area contributed by atoms with E-state index in [2.05, 4.69) is 6.58 Å². The van der Waals surface area contributed by atoms with E-state index in [1.807, 2.05) is 0 Å². The first-order valence-corrected chi connectivity index (χ1v) is 1.12. The van der Waals surface area contributed by atoms with Gasteiger partial charge < -0.3 is 16.1 Å². The molecule has 8 heavy (non-hydrogen) atoms. The zero-order valence-corrected chi connectivity index (χ0v) is 5.52. The van der Waals surface area contributed by atoms with E-state index in [1.54, 1.807) is 0 Å². The largest absolute Gasteiger partial charge is 4.00 e. The number of carbonyl (C=O) groups is 1. The Kier molecular flexibility index (Phi) is 49.2. The van der Waals surface area contributed by atoms with Crippen molar-refractivity contribution in [2.45, 2.75) is 0 Å². The fraction of sp³-hybridized carbons (Fsp3) is 0. The van der Waals surface area contributed by atoms with Crippen LogP contribution < -0.4 is 0 Å². The van der Waals surface area contributed by atoms with Gasteiger partial charge in [-0.15, -0.1) is 0 Å². The van der Waals surface area contributed by atoms with Gasteiger partial charge in [-0.3, -0.25) is 0 Å². The topological polar surface area (TPSA) is 94.3 Å². The van der Waals surface area contributed by atoms with Crippen LogP contribution in [0.5, 0.6) is 0 Å². The molecule has 0 rings (SSSR count). The number of aliphatic carboxylic acids is 1. The normalized spacial score (nSPS) is 4.00. The van der Waals surface area contributed by atoms with Crippen LogP contribution in [0.1, 0.15) is 0 Å². The molecular formula is C3H4O4Ti. The Balaban J connectivity index is -0.0000000267. The summed E-state index contributed by atoms with van der Waals surface area (Å²) < 4.78 is 0. The maximum absolute atomic E-state index is 9.25. The molecule has 0 aromatic heterocycles. The number of rotatable bonds is 1. The van der Waals surface area contributed by atoms with E-state index < -0.39 is 5.97 Å². The third-order valence-corrected chi connectivity index (χ3v) is 0.175. The Morgan fingerprint density at radius 2 is 1.62 bits per heavy atom. The molecule has 0 atom stereocenters. The summed E-state index contributed by atoms with van der Waals surface area (Å²) in [6, 6.07) is 0. The Labute approximate surface area is 61.7 Å². The second-order valence-electron chi connectivity index (χ2n) is 0.542. The molecule has 0 aliphatic rings. The van der Waals surface area contributed by atoms with Crippen LogP contribution in [0.2, 0.25) is 0 Å². The summed E-state index contributed by atoms with van der Waals surface area (Å²) in [5, 5.41) is 7.60. The second kappa shape index (κ2) is 15.8. The van der Waals surface area contributed by atoms with E-state index in [1.165, 1.54) is 0 Å². The van der Waals surface area contributed by atoms with Crippen molar-refractivity contribution in [3.05, 3.63) is 12.7 Å². The number of carboxylic acids is 1. The van der Waals surface area contributed by atoms with Gasteiger partial charge in [-0.25, -0.2) is 4.79 Å². The van der Waals surface area contributed by atoms with Crippen LogP contribution in [-0.2, 0) is 37.5 Å².